The maximum Gasteiger partial charge on any atom is 0.416 e. The number of ether oxygens (including phenoxy) is 1. The number of hydrogen-bond donors (Lipinski definition) is 0. The first-order valence-corrected chi connectivity index (χ1v) is 5.81. The van der Waals surface area contributed by atoms with Gasteiger partial charge >= 0.3 is 6.18 Å². The summed E-state index contributed by atoms with van der Waals surface area (Å²) in [6.45, 7) is 7.92. The van der Waals surface area contributed by atoms with E-state index in [1.54, 1.807) is 13.0 Å². The van der Waals surface area contributed by atoms with E-state index in [9.17, 15) is 13.2 Å². The van der Waals surface area contributed by atoms with Gasteiger partial charge in [0, 0.05) is 0 Å². The lowest BCUT2D eigenvalue weighted by atomic mass is 10.1. The minimum Gasteiger partial charge on any atom is -0.494 e. The van der Waals surface area contributed by atoms with Crippen LogP contribution in [0.4, 0.5) is 13.2 Å². The predicted octanol–water partition coefficient (Wildman–Crippen LogP) is 4.69. The minimum absolute atomic E-state index is 0.282. The van der Waals surface area contributed by atoms with Crippen molar-refractivity contribution in [1.29, 1.82) is 0 Å². The van der Waals surface area contributed by atoms with Crippen LogP contribution in [-0.2, 0) is 12.6 Å². The van der Waals surface area contributed by atoms with E-state index in [1.165, 1.54) is 0 Å². The molecule has 0 fully saturated rings. The smallest absolute Gasteiger partial charge is 0.416 e. The highest BCUT2D eigenvalue weighted by atomic mass is 19.4. The molecule has 0 aromatic heterocycles. The molecule has 0 saturated carbocycles. The average molecular weight is 248 g/mol. The number of alkyl halides is 3. The van der Waals surface area contributed by atoms with Crippen molar-refractivity contribution in [1.82, 2.24) is 0 Å². The van der Waals surface area contributed by atoms with Crippen LogP contribution in [0.15, 0.2) is 18.2 Å². The van der Waals surface area contributed by atoms with Gasteiger partial charge in [-0.05, 0) is 37.1 Å². The molecule has 4 heteroatoms. The first kappa shape index (κ1) is 15.8. The van der Waals surface area contributed by atoms with E-state index in [0.717, 1.165) is 12.1 Å². The molecule has 0 aliphatic rings. The van der Waals surface area contributed by atoms with Gasteiger partial charge in [-0.3, -0.25) is 0 Å². The van der Waals surface area contributed by atoms with Crippen LogP contribution >= 0.6 is 0 Å². The van der Waals surface area contributed by atoms with Gasteiger partial charge in [-0.2, -0.15) is 13.2 Å². The molecular weight excluding hydrogens is 229 g/mol. The van der Waals surface area contributed by atoms with Gasteiger partial charge in [-0.25, -0.2) is 0 Å². The van der Waals surface area contributed by atoms with E-state index >= 15 is 0 Å². The fraction of sp³-hybridized carbons (Fsp3) is 0.538. The van der Waals surface area contributed by atoms with Crippen molar-refractivity contribution < 1.29 is 17.9 Å². The largest absolute Gasteiger partial charge is 0.494 e. The quantitative estimate of drug-likeness (QED) is 0.753. The van der Waals surface area contributed by atoms with Crippen molar-refractivity contribution in [2.24, 2.45) is 0 Å². The fourth-order valence-corrected chi connectivity index (χ4v) is 1.28. The number of aryl methyl sites for hydroxylation is 1. The number of halogens is 3. The van der Waals surface area contributed by atoms with Gasteiger partial charge in [-0.15, -0.1) is 0 Å². The van der Waals surface area contributed by atoms with Crippen molar-refractivity contribution in [3.63, 3.8) is 0 Å². The second kappa shape index (κ2) is 7.20. The van der Waals surface area contributed by atoms with Gasteiger partial charge in [0.25, 0.3) is 0 Å². The normalized spacial score (nSPS) is 10.5. The maximum atomic E-state index is 12.5. The Morgan fingerprint density at radius 3 is 2.06 bits per heavy atom. The highest BCUT2D eigenvalue weighted by Crippen LogP contribution is 2.32. The molecule has 1 aromatic carbocycles. The summed E-state index contributed by atoms with van der Waals surface area (Å²) < 4.78 is 42.5. The fourth-order valence-electron chi connectivity index (χ4n) is 1.28. The topological polar surface area (TPSA) is 9.23 Å². The first-order valence-electron chi connectivity index (χ1n) is 5.81. The van der Waals surface area contributed by atoms with Gasteiger partial charge in [0.15, 0.2) is 0 Å². The summed E-state index contributed by atoms with van der Waals surface area (Å²) in [4.78, 5) is 0. The van der Waals surface area contributed by atoms with E-state index in [2.05, 4.69) is 0 Å². The number of rotatable bonds is 3. The van der Waals surface area contributed by atoms with E-state index in [0.29, 0.717) is 18.6 Å². The molecule has 0 spiro atoms. The molecule has 0 bridgehead atoms. The second-order valence-electron chi connectivity index (χ2n) is 3.15. The Morgan fingerprint density at radius 2 is 1.65 bits per heavy atom. The van der Waals surface area contributed by atoms with Crippen molar-refractivity contribution in [2.45, 2.75) is 40.3 Å². The lowest BCUT2D eigenvalue weighted by molar-refractivity contribution is -0.137. The molecule has 1 aromatic rings. The summed E-state index contributed by atoms with van der Waals surface area (Å²) in [6.07, 6.45) is -3.75. The van der Waals surface area contributed by atoms with Crippen LogP contribution < -0.4 is 4.74 Å². The zero-order valence-electron chi connectivity index (χ0n) is 10.7. The van der Waals surface area contributed by atoms with Gasteiger partial charge in [-0.1, -0.05) is 20.8 Å². The van der Waals surface area contributed by atoms with Crippen molar-refractivity contribution in [3.05, 3.63) is 29.3 Å². The van der Waals surface area contributed by atoms with Crippen LogP contribution in [-0.4, -0.2) is 6.61 Å². The highest BCUT2D eigenvalue weighted by Gasteiger charge is 2.31. The lowest BCUT2D eigenvalue weighted by Gasteiger charge is -2.11. The second-order valence-corrected chi connectivity index (χ2v) is 3.15. The van der Waals surface area contributed by atoms with Gasteiger partial charge in [0.05, 0.1) is 12.2 Å². The van der Waals surface area contributed by atoms with Crippen LogP contribution in [0.25, 0.3) is 0 Å². The standard InChI is InChI=1S/C11H13F3O.C2H6/c1-3-8-5-9(11(12,13)14)7-10(6-8)15-4-2;1-2/h5-7H,3-4H2,1-2H3;1-2H3. The molecule has 1 nitrogen and oxygen atoms in total. The summed E-state index contributed by atoms with van der Waals surface area (Å²) in [7, 11) is 0. The van der Waals surface area contributed by atoms with Crippen molar-refractivity contribution >= 4 is 0 Å². The summed E-state index contributed by atoms with van der Waals surface area (Å²) in [6, 6.07) is 3.82. The van der Waals surface area contributed by atoms with Crippen LogP contribution in [0.1, 0.15) is 38.8 Å². The van der Waals surface area contributed by atoms with E-state index in [-0.39, 0.29) is 5.75 Å². The zero-order valence-corrected chi connectivity index (χ0v) is 10.7. The molecule has 0 aliphatic heterocycles. The van der Waals surface area contributed by atoms with Gasteiger partial charge < -0.3 is 4.74 Å². The third-order valence-corrected chi connectivity index (χ3v) is 2.01. The van der Waals surface area contributed by atoms with E-state index in [1.807, 2.05) is 20.8 Å². The Balaban J connectivity index is 0.00000121. The van der Waals surface area contributed by atoms with Gasteiger partial charge in [0.2, 0.25) is 0 Å². The Hall–Kier alpha value is -1.19. The molecule has 0 aliphatic carbocycles. The molecular formula is C13H19F3O. The Morgan fingerprint density at radius 1 is 1.06 bits per heavy atom. The Kier molecular flexibility index (Phi) is 6.69. The molecule has 17 heavy (non-hydrogen) atoms. The number of hydrogen-bond acceptors (Lipinski definition) is 1. The van der Waals surface area contributed by atoms with Crippen LogP contribution in [0, 0.1) is 0 Å². The highest BCUT2D eigenvalue weighted by molar-refractivity contribution is 5.36. The van der Waals surface area contributed by atoms with E-state index < -0.39 is 11.7 Å². The molecule has 0 heterocycles. The lowest BCUT2D eigenvalue weighted by Crippen LogP contribution is -2.06. The summed E-state index contributed by atoms with van der Waals surface area (Å²) in [5.74, 6) is 0.282. The molecule has 0 unspecified atom stereocenters. The first-order chi connectivity index (χ1) is 7.97. The summed E-state index contributed by atoms with van der Waals surface area (Å²) in [5, 5.41) is 0. The molecule has 0 saturated heterocycles. The van der Waals surface area contributed by atoms with Crippen LogP contribution in [0.2, 0.25) is 0 Å². The molecule has 0 N–H and O–H groups in total. The molecule has 1 rings (SSSR count). The number of benzene rings is 1. The van der Waals surface area contributed by atoms with Gasteiger partial charge in [0.1, 0.15) is 5.75 Å². The van der Waals surface area contributed by atoms with Crippen molar-refractivity contribution in [2.75, 3.05) is 6.61 Å². The predicted molar refractivity (Wildman–Crippen MR) is 63.3 cm³/mol. The van der Waals surface area contributed by atoms with Crippen LogP contribution in [0.5, 0.6) is 5.75 Å². The van der Waals surface area contributed by atoms with E-state index in [4.69, 9.17) is 4.74 Å². The minimum atomic E-state index is -4.31. The van der Waals surface area contributed by atoms with Crippen molar-refractivity contribution in [3.8, 4) is 5.75 Å². The Bertz CT molecular complexity index is 332. The third-order valence-electron chi connectivity index (χ3n) is 2.01. The molecule has 98 valence electrons. The average Bonchev–Trinajstić information content (AvgIpc) is 2.30. The Labute approximate surface area is 101 Å². The zero-order chi connectivity index (χ0) is 13.5. The molecule has 0 radical (unpaired) electrons. The summed E-state index contributed by atoms with van der Waals surface area (Å²) in [5.41, 5.74) is -0.0152. The molecule has 0 atom stereocenters. The van der Waals surface area contributed by atoms with Crippen LogP contribution in [0.3, 0.4) is 0 Å². The third kappa shape index (κ3) is 5.11. The summed E-state index contributed by atoms with van der Waals surface area (Å²) >= 11 is 0. The maximum absolute atomic E-state index is 12.5. The molecule has 0 amide bonds. The monoisotopic (exact) mass is 248 g/mol. The SMILES string of the molecule is CC.CCOc1cc(CC)cc(C(F)(F)F)c1.